The first kappa shape index (κ1) is 17.9. The molecule has 0 radical (unpaired) electrons. The van der Waals surface area contributed by atoms with Crippen molar-refractivity contribution in [1.29, 1.82) is 0 Å². The van der Waals surface area contributed by atoms with Gasteiger partial charge in [0.05, 0.1) is 7.11 Å². The van der Waals surface area contributed by atoms with E-state index in [9.17, 15) is 9.59 Å². The molecule has 1 unspecified atom stereocenters. The molecule has 1 saturated heterocycles. The Hall–Kier alpha value is -1.18. The van der Waals surface area contributed by atoms with Crippen LogP contribution in [0.15, 0.2) is 0 Å². The molecular formula is C14H28N4O3. The highest BCUT2D eigenvalue weighted by atomic mass is 16.5. The number of hydrogen-bond donors (Lipinski definition) is 1. The fourth-order valence-electron chi connectivity index (χ4n) is 2.36. The Morgan fingerprint density at radius 3 is 2.24 bits per heavy atom. The summed E-state index contributed by atoms with van der Waals surface area (Å²) in [5.74, 6) is -0.602. The maximum Gasteiger partial charge on any atom is 0.329 e. The molecule has 1 rings (SSSR count). The molecule has 7 heteroatoms. The molecule has 0 aromatic carbocycles. The lowest BCUT2D eigenvalue weighted by Gasteiger charge is -2.36. The zero-order valence-electron chi connectivity index (χ0n) is 13.6. The summed E-state index contributed by atoms with van der Waals surface area (Å²) in [6, 6.07) is -0.583. The molecule has 1 heterocycles. The zero-order valence-corrected chi connectivity index (χ0v) is 13.6. The minimum Gasteiger partial charge on any atom is -0.467 e. The third-order valence-corrected chi connectivity index (χ3v) is 3.63. The number of nitrogens with zero attached hydrogens (tertiary/aromatic N) is 3. The van der Waals surface area contributed by atoms with Crippen molar-refractivity contribution in [3.63, 3.8) is 0 Å². The summed E-state index contributed by atoms with van der Waals surface area (Å²) in [6.45, 7) is 7.82. The number of carbonyl (C=O) groups is 2. The van der Waals surface area contributed by atoms with E-state index in [0.29, 0.717) is 6.54 Å². The Morgan fingerprint density at radius 2 is 1.76 bits per heavy atom. The van der Waals surface area contributed by atoms with Gasteiger partial charge >= 0.3 is 5.97 Å². The molecule has 21 heavy (non-hydrogen) atoms. The quantitative estimate of drug-likeness (QED) is 0.599. The van der Waals surface area contributed by atoms with Gasteiger partial charge in [-0.1, -0.05) is 0 Å². The largest absolute Gasteiger partial charge is 0.467 e. The summed E-state index contributed by atoms with van der Waals surface area (Å²) in [6.07, 6.45) is 0. The fraction of sp³-hybridized carbons (Fsp3) is 0.857. The molecule has 0 bridgehead atoms. The van der Waals surface area contributed by atoms with Gasteiger partial charge in [-0.05, 0) is 14.1 Å². The number of nitrogens with one attached hydrogen (secondary N) is 1. The topological polar surface area (TPSA) is 65.1 Å². The Labute approximate surface area is 127 Å². The van der Waals surface area contributed by atoms with E-state index in [2.05, 4.69) is 34.1 Å². The number of methoxy groups -OCH3 is 1. The summed E-state index contributed by atoms with van der Waals surface area (Å²) in [5, 5.41) is 2.65. The zero-order chi connectivity index (χ0) is 15.8. The van der Waals surface area contributed by atoms with Crippen molar-refractivity contribution in [1.82, 2.24) is 20.0 Å². The second-order valence-corrected chi connectivity index (χ2v) is 5.72. The Bertz CT molecular complexity index is 341. The number of ether oxygens (including phenoxy) is 1. The van der Waals surface area contributed by atoms with E-state index in [1.807, 2.05) is 0 Å². The standard InChI is InChI=1S/C14H28N4O3/c1-12(19)15-13(14(20)21-4)11-18-9-7-17(8-10-18)6-5-16(2)3/h13H,5-11H2,1-4H3,(H,15,19). The van der Waals surface area contributed by atoms with Gasteiger partial charge < -0.3 is 15.0 Å². The molecule has 1 fully saturated rings. The Balaban J connectivity index is 2.38. The summed E-state index contributed by atoms with van der Waals surface area (Å²) in [5.41, 5.74) is 0. The van der Waals surface area contributed by atoms with Gasteiger partial charge in [0.1, 0.15) is 6.04 Å². The van der Waals surface area contributed by atoms with Crippen LogP contribution in [0.5, 0.6) is 0 Å². The molecule has 0 aromatic heterocycles. The van der Waals surface area contributed by atoms with Gasteiger partial charge in [-0.3, -0.25) is 14.6 Å². The van der Waals surface area contributed by atoms with E-state index in [1.54, 1.807) is 0 Å². The van der Waals surface area contributed by atoms with Crippen LogP contribution < -0.4 is 5.32 Å². The Morgan fingerprint density at radius 1 is 1.19 bits per heavy atom. The van der Waals surface area contributed by atoms with Crippen LogP contribution in [0.3, 0.4) is 0 Å². The number of amides is 1. The van der Waals surface area contributed by atoms with Crippen molar-refractivity contribution in [2.45, 2.75) is 13.0 Å². The van der Waals surface area contributed by atoms with Crippen LogP contribution in [0, 0.1) is 0 Å². The lowest BCUT2D eigenvalue weighted by molar-refractivity contribution is -0.145. The molecular weight excluding hydrogens is 272 g/mol. The van der Waals surface area contributed by atoms with E-state index < -0.39 is 6.04 Å². The van der Waals surface area contributed by atoms with E-state index in [0.717, 1.165) is 39.3 Å². The molecule has 122 valence electrons. The van der Waals surface area contributed by atoms with Gasteiger partial charge in [0.25, 0.3) is 0 Å². The van der Waals surface area contributed by atoms with Gasteiger partial charge in [0.15, 0.2) is 0 Å². The highest BCUT2D eigenvalue weighted by Crippen LogP contribution is 2.03. The van der Waals surface area contributed by atoms with Gasteiger partial charge in [0.2, 0.25) is 5.91 Å². The number of likely N-dealkylation sites (N-methyl/N-ethyl adjacent to an activating group) is 1. The van der Waals surface area contributed by atoms with Crippen LogP contribution in [-0.4, -0.2) is 99.6 Å². The van der Waals surface area contributed by atoms with Gasteiger partial charge in [-0.2, -0.15) is 0 Å². The van der Waals surface area contributed by atoms with Crippen molar-refractivity contribution >= 4 is 11.9 Å². The summed E-state index contributed by atoms with van der Waals surface area (Å²) in [7, 11) is 5.49. The van der Waals surface area contributed by atoms with Crippen LogP contribution >= 0.6 is 0 Å². The highest BCUT2D eigenvalue weighted by Gasteiger charge is 2.25. The van der Waals surface area contributed by atoms with Crippen molar-refractivity contribution in [2.75, 3.05) is 67.0 Å². The van der Waals surface area contributed by atoms with E-state index >= 15 is 0 Å². The van der Waals surface area contributed by atoms with E-state index in [-0.39, 0.29) is 11.9 Å². The molecule has 1 aliphatic heterocycles. The lowest BCUT2D eigenvalue weighted by Crippen LogP contribution is -2.54. The lowest BCUT2D eigenvalue weighted by atomic mass is 10.2. The number of esters is 1. The maximum atomic E-state index is 11.7. The fourth-order valence-corrected chi connectivity index (χ4v) is 2.36. The smallest absolute Gasteiger partial charge is 0.329 e. The van der Waals surface area contributed by atoms with Crippen molar-refractivity contribution in [3.05, 3.63) is 0 Å². The maximum absolute atomic E-state index is 11.7. The molecule has 0 saturated carbocycles. The van der Waals surface area contributed by atoms with Crippen molar-refractivity contribution in [2.24, 2.45) is 0 Å². The minimum absolute atomic E-state index is 0.213. The predicted octanol–water partition coefficient (Wildman–Crippen LogP) is -1.16. The highest BCUT2D eigenvalue weighted by molar-refractivity contribution is 5.83. The van der Waals surface area contributed by atoms with Gasteiger partial charge in [-0.15, -0.1) is 0 Å². The SMILES string of the molecule is COC(=O)C(CN1CCN(CCN(C)C)CC1)NC(C)=O. The molecule has 1 aliphatic rings. The second-order valence-electron chi connectivity index (χ2n) is 5.72. The van der Waals surface area contributed by atoms with E-state index in [4.69, 9.17) is 4.74 Å². The normalized spacial score (nSPS) is 18.5. The third-order valence-electron chi connectivity index (χ3n) is 3.63. The second kappa shape index (κ2) is 8.96. The van der Waals surface area contributed by atoms with Crippen LogP contribution in [0.25, 0.3) is 0 Å². The first-order valence-electron chi connectivity index (χ1n) is 7.36. The average molecular weight is 300 g/mol. The Kier molecular flexibility index (Phi) is 7.63. The molecule has 0 aliphatic carbocycles. The average Bonchev–Trinajstić information content (AvgIpc) is 2.44. The van der Waals surface area contributed by atoms with Crippen LogP contribution in [0.4, 0.5) is 0 Å². The summed E-state index contributed by atoms with van der Waals surface area (Å²) < 4.78 is 4.74. The first-order chi connectivity index (χ1) is 9.92. The van der Waals surface area contributed by atoms with E-state index in [1.165, 1.54) is 14.0 Å². The van der Waals surface area contributed by atoms with Gasteiger partial charge in [-0.25, -0.2) is 4.79 Å². The van der Waals surface area contributed by atoms with Crippen LogP contribution in [0.2, 0.25) is 0 Å². The molecule has 0 spiro atoms. The molecule has 1 atom stereocenters. The monoisotopic (exact) mass is 300 g/mol. The summed E-state index contributed by atoms with van der Waals surface area (Å²) in [4.78, 5) is 29.6. The predicted molar refractivity (Wildman–Crippen MR) is 81.1 cm³/mol. The van der Waals surface area contributed by atoms with Crippen LogP contribution in [0.1, 0.15) is 6.92 Å². The molecule has 1 amide bonds. The molecule has 7 nitrogen and oxygen atoms in total. The number of carbonyl (C=O) groups excluding carboxylic acids is 2. The first-order valence-corrected chi connectivity index (χ1v) is 7.36. The van der Waals surface area contributed by atoms with Crippen LogP contribution in [-0.2, 0) is 14.3 Å². The van der Waals surface area contributed by atoms with Crippen molar-refractivity contribution in [3.8, 4) is 0 Å². The number of hydrogen-bond acceptors (Lipinski definition) is 6. The number of piperazine rings is 1. The third kappa shape index (κ3) is 6.88. The summed E-state index contributed by atoms with van der Waals surface area (Å²) >= 11 is 0. The van der Waals surface area contributed by atoms with Crippen molar-refractivity contribution < 1.29 is 14.3 Å². The minimum atomic E-state index is -0.583. The molecule has 0 aromatic rings. The number of rotatable bonds is 7. The van der Waals surface area contributed by atoms with Gasteiger partial charge in [0, 0.05) is 52.7 Å². The molecule has 1 N–H and O–H groups in total.